The van der Waals surface area contributed by atoms with Gasteiger partial charge in [-0.3, -0.25) is 0 Å². The first-order valence-corrected chi connectivity index (χ1v) is 7.08. The summed E-state index contributed by atoms with van der Waals surface area (Å²) in [7, 11) is 0. The highest BCUT2D eigenvalue weighted by Gasteiger charge is 2.24. The number of hydrogen-bond donors (Lipinski definition) is 1. The van der Waals surface area contributed by atoms with E-state index in [0.29, 0.717) is 0 Å². The van der Waals surface area contributed by atoms with Crippen LogP contribution < -0.4 is 0 Å². The van der Waals surface area contributed by atoms with Crippen LogP contribution in [0.4, 0.5) is 0 Å². The molecule has 1 heterocycles. The van der Waals surface area contributed by atoms with Crippen molar-refractivity contribution in [2.24, 2.45) is 5.92 Å². The topological polar surface area (TPSA) is 23.5 Å². The molecule has 1 fully saturated rings. The van der Waals surface area contributed by atoms with Crippen molar-refractivity contribution in [1.29, 1.82) is 0 Å². The normalized spacial score (nSPS) is 30.0. The van der Waals surface area contributed by atoms with Gasteiger partial charge in [0.1, 0.15) is 0 Å². The van der Waals surface area contributed by atoms with E-state index in [4.69, 9.17) is 11.6 Å². The lowest BCUT2D eigenvalue weighted by atomic mass is 9.98. The first-order chi connectivity index (χ1) is 7.53. The molecule has 0 radical (unpaired) electrons. The van der Waals surface area contributed by atoms with Crippen molar-refractivity contribution in [2.45, 2.75) is 51.6 Å². The minimum atomic E-state index is -0.434. The number of alkyl halides is 1. The summed E-state index contributed by atoms with van der Waals surface area (Å²) >= 11 is 5.73. The van der Waals surface area contributed by atoms with Crippen LogP contribution in [0.5, 0.6) is 0 Å². The van der Waals surface area contributed by atoms with Crippen LogP contribution in [0.25, 0.3) is 0 Å². The molecule has 16 heavy (non-hydrogen) atoms. The molecule has 1 saturated heterocycles. The average Bonchev–Trinajstić information content (AvgIpc) is 2.37. The Morgan fingerprint density at radius 3 is 2.75 bits per heavy atom. The van der Waals surface area contributed by atoms with E-state index in [2.05, 4.69) is 11.8 Å². The maximum atomic E-state index is 9.99. The molecule has 2 unspecified atom stereocenters. The van der Waals surface area contributed by atoms with E-state index < -0.39 is 5.60 Å². The molecule has 0 aliphatic carbocycles. The summed E-state index contributed by atoms with van der Waals surface area (Å²) in [6.07, 6.45) is 5.33. The van der Waals surface area contributed by atoms with Gasteiger partial charge in [0.2, 0.25) is 0 Å². The number of halogens is 1. The third-order valence-electron chi connectivity index (χ3n) is 3.70. The van der Waals surface area contributed by atoms with Crippen LogP contribution in [-0.2, 0) is 0 Å². The molecule has 0 aromatic carbocycles. The van der Waals surface area contributed by atoms with Gasteiger partial charge in [-0.15, -0.1) is 11.6 Å². The molecule has 0 spiro atoms. The summed E-state index contributed by atoms with van der Waals surface area (Å²) in [5.41, 5.74) is -0.434. The molecule has 0 aromatic heterocycles. The maximum absolute atomic E-state index is 9.99. The van der Waals surface area contributed by atoms with Crippen LogP contribution >= 0.6 is 11.6 Å². The summed E-state index contributed by atoms with van der Waals surface area (Å²) in [6.45, 7) is 7.58. The monoisotopic (exact) mass is 247 g/mol. The van der Waals surface area contributed by atoms with Crippen molar-refractivity contribution in [3.8, 4) is 0 Å². The summed E-state index contributed by atoms with van der Waals surface area (Å²) < 4.78 is 0. The van der Waals surface area contributed by atoms with Crippen molar-refractivity contribution in [1.82, 2.24) is 4.90 Å². The van der Waals surface area contributed by atoms with Gasteiger partial charge in [-0.05, 0) is 58.0 Å². The molecule has 96 valence electrons. The molecule has 2 nitrogen and oxygen atoms in total. The minimum Gasteiger partial charge on any atom is -0.390 e. The third kappa shape index (κ3) is 5.51. The van der Waals surface area contributed by atoms with Gasteiger partial charge in [0.15, 0.2) is 0 Å². The lowest BCUT2D eigenvalue weighted by molar-refractivity contribution is 0.0445. The van der Waals surface area contributed by atoms with Crippen LogP contribution in [0.2, 0.25) is 0 Å². The molecule has 1 rings (SSSR count). The Kier molecular flexibility index (Phi) is 6.09. The van der Waals surface area contributed by atoms with E-state index in [0.717, 1.165) is 57.1 Å². The van der Waals surface area contributed by atoms with Gasteiger partial charge >= 0.3 is 0 Å². The fourth-order valence-corrected chi connectivity index (χ4v) is 2.65. The van der Waals surface area contributed by atoms with Crippen molar-refractivity contribution >= 4 is 11.6 Å². The largest absolute Gasteiger partial charge is 0.390 e. The Morgan fingerprint density at radius 2 is 2.06 bits per heavy atom. The molecule has 1 aliphatic heterocycles. The highest BCUT2D eigenvalue weighted by atomic mass is 35.5. The van der Waals surface area contributed by atoms with E-state index in [1.165, 1.54) is 6.42 Å². The second-order valence-corrected chi connectivity index (χ2v) is 5.94. The first-order valence-electron chi connectivity index (χ1n) is 6.54. The number of nitrogens with zero attached hydrogens (tertiary/aromatic N) is 1. The molecular formula is C13H26ClNO. The molecule has 3 heteroatoms. The maximum Gasteiger partial charge on any atom is 0.0632 e. The van der Waals surface area contributed by atoms with Crippen LogP contribution in [-0.4, -0.2) is 41.1 Å². The smallest absolute Gasteiger partial charge is 0.0632 e. The SMILES string of the molecule is CC(CCCl)CCN1CCCC(C)(O)CC1. The molecule has 2 atom stereocenters. The van der Waals surface area contributed by atoms with E-state index >= 15 is 0 Å². The predicted molar refractivity (Wildman–Crippen MR) is 70.0 cm³/mol. The van der Waals surface area contributed by atoms with Crippen LogP contribution in [0.1, 0.15) is 46.0 Å². The Bertz CT molecular complexity index is 196. The lowest BCUT2D eigenvalue weighted by Gasteiger charge is -2.23. The van der Waals surface area contributed by atoms with Crippen LogP contribution in [0.3, 0.4) is 0 Å². The summed E-state index contributed by atoms with van der Waals surface area (Å²) in [6, 6.07) is 0. The molecule has 0 amide bonds. The van der Waals surface area contributed by atoms with Crippen LogP contribution in [0.15, 0.2) is 0 Å². The highest BCUT2D eigenvalue weighted by molar-refractivity contribution is 6.17. The highest BCUT2D eigenvalue weighted by Crippen LogP contribution is 2.22. The molecule has 1 aliphatic rings. The zero-order valence-electron chi connectivity index (χ0n) is 10.7. The van der Waals surface area contributed by atoms with Crippen molar-refractivity contribution in [2.75, 3.05) is 25.5 Å². The number of hydrogen-bond acceptors (Lipinski definition) is 2. The van der Waals surface area contributed by atoms with Crippen molar-refractivity contribution in [3.63, 3.8) is 0 Å². The number of likely N-dealkylation sites (tertiary alicyclic amines) is 1. The van der Waals surface area contributed by atoms with Gasteiger partial charge in [0.05, 0.1) is 5.60 Å². The fraction of sp³-hybridized carbons (Fsp3) is 1.00. The molecule has 1 N–H and O–H groups in total. The Balaban J connectivity index is 2.22. The summed E-state index contributed by atoms with van der Waals surface area (Å²) in [5, 5.41) is 9.99. The summed E-state index contributed by atoms with van der Waals surface area (Å²) in [4.78, 5) is 2.49. The number of rotatable bonds is 5. The quantitative estimate of drug-likeness (QED) is 0.756. The first kappa shape index (κ1) is 14.3. The van der Waals surface area contributed by atoms with E-state index in [1.807, 2.05) is 6.92 Å². The minimum absolute atomic E-state index is 0.434. The van der Waals surface area contributed by atoms with Gasteiger partial charge in [-0.25, -0.2) is 0 Å². The molecule has 0 aromatic rings. The summed E-state index contributed by atoms with van der Waals surface area (Å²) in [5.74, 6) is 1.50. The zero-order valence-corrected chi connectivity index (χ0v) is 11.5. The standard InChI is InChI=1S/C13H26ClNO/c1-12(4-8-14)5-10-15-9-3-6-13(2,16)7-11-15/h12,16H,3-11H2,1-2H3. The predicted octanol–water partition coefficient (Wildman–Crippen LogP) is 2.88. The molecule has 0 bridgehead atoms. The second kappa shape index (κ2) is 6.83. The fourth-order valence-electron chi connectivity index (χ4n) is 2.28. The molecule has 0 saturated carbocycles. The van der Waals surface area contributed by atoms with Crippen molar-refractivity contribution in [3.05, 3.63) is 0 Å². The van der Waals surface area contributed by atoms with Gasteiger partial charge in [-0.2, -0.15) is 0 Å². The lowest BCUT2D eigenvalue weighted by Crippen LogP contribution is -2.29. The van der Waals surface area contributed by atoms with E-state index in [-0.39, 0.29) is 0 Å². The Labute approximate surface area is 105 Å². The van der Waals surface area contributed by atoms with Gasteiger partial charge in [0, 0.05) is 12.4 Å². The van der Waals surface area contributed by atoms with Gasteiger partial charge in [0.25, 0.3) is 0 Å². The Hall–Kier alpha value is 0.210. The van der Waals surface area contributed by atoms with Gasteiger partial charge in [-0.1, -0.05) is 6.92 Å². The van der Waals surface area contributed by atoms with E-state index in [1.54, 1.807) is 0 Å². The van der Waals surface area contributed by atoms with Crippen LogP contribution in [0, 0.1) is 5.92 Å². The second-order valence-electron chi connectivity index (χ2n) is 5.56. The van der Waals surface area contributed by atoms with Crippen molar-refractivity contribution < 1.29 is 5.11 Å². The average molecular weight is 248 g/mol. The zero-order chi connectivity index (χ0) is 12.0. The molecular weight excluding hydrogens is 222 g/mol. The third-order valence-corrected chi connectivity index (χ3v) is 3.91. The number of aliphatic hydroxyl groups is 1. The van der Waals surface area contributed by atoms with Gasteiger partial charge < -0.3 is 10.0 Å². The Morgan fingerprint density at radius 1 is 1.31 bits per heavy atom. The van der Waals surface area contributed by atoms with E-state index in [9.17, 15) is 5.11 Å².